The second-order valence-corrected chi connectivity index (χ2v) is 11.8. The summed E-state index contributed by atoms with van der Waals surface area (Å²) in [6.45, 7) is 11.0. The second-order valence-electron chi connectivity index (χ2n) is 10.7. The lowest BCUT2D eigenvalue weighted by Crippen LogP contribution is -2.41. The van der Waals surface area contributed by atoms with Gasteiger partial charge in [-0.25, -0.2) is 4.79 Å². The quantitative estimate of drug-likeness (QED) is 0.643. The number of carbonyl (C=O) groups excluding carboxylic acids is 2. The van der Waals surface area contributed by atoms with E-state index in [-0.39, 0.29) is 11.9 Å². The number of piperidine rings is 1. The zero-order chi connectivity index (χ0) is 24.5. The summed E-state index contributed by atoms with van der Waals surface area (Å²) >= 11 is 1.56. The molecule has 1 atom stereocenters. The fourth-order valence-electron chi connectivity index (χ4n) is 4.78. The number of ether oxygens (including phenoxy) is 1. The zero-order valence-electron chi connectivity index (χ0n) is 21.0. The number of likely N-dealkylation sites (tertiary alicyclic amines) is 2. The van der Waals surface area contributed by atoms with Crippen LogP contribution >= 0.6 is 11.3 Å². The standard InChI is InChI=1S/C27H37N3O3S/c1-18-16-23(21-8-6-19(7-9-21)20-10-13-29(5)14-11-20)34-24(18)25(31)30-15-12-22(17-30)28-26(32)33-27(2,3)4/h6-9,16,20,22H,10-15,17H2,1-5H3,(H,28,32)/t22-/m0/s1. The molecule has 0 radical (unpaired) electrons. The summed E-state index contributed by atoms with van der Waals surface area (Å²) < 4.78 is 5.35. The highest BCUT2D eigenvalue weighted by Crippen LogP contribution is 2.34. The zero-order valence-corrected chi connectivity index (χ0v) is 21.8. The van der Waals surface area contributed by atoms with Crippen LogP contribution in [0, 0.1) is 6.92 Å². The monoisotopic (exact) mass is 483 g/mol. The van der Waals surface area contributed by atoms with Gasteiger partial charge in [0.05, 0.1) is 10.9 Å². The predicted molar refractivity (Wildman–Crippen MR) is 138 cm³/mol. The summed E-state index contributed by atoms with van der Waals surface area (Å²) in [6.07, 6.45) is 2.74. The van der Waals surface area contributed by atoms with Gasteiger partial charge in [0, 0.05) is 18.0 Å². The molecule has 1 aromatic carbocycles. The number of aryl methyl sites for hydroxylation is 1. The molecule has 0 aliphatic carbocycles. The molecular formula is C27H37N3O3S. The second kappa shape index (κ2) is 10.1. The molecule has 3 heterocycles. The van der Waals surface area contributed by atoms with Gasteiger partial charge in [-0.1, -0.05) is 24.3 Å². The lowest BCUT2D eigenvalue weighted by molar-refractivity contribution is 0.0502. The topological polar surface area (TPSA) is 61.9 Å². The molecule has 1 N–H and O–H groups in total. The number of benzene rings is 1. The normalized spacial score (nSPS) is 19.9. The molecule has 0 unspecified atom stereocenters. The van der Waals surface area contributed by atoms with Crippen LogP contribution in [0.15, 0.2) is 30.3 Å². The fourth-order valence-corrected chi connectivity index (χ4v) is 5.92. The lowest BCUT2D eigenvalue weighted by Gasteiger charge is -2.29. The van der Waals surface area contributed by atoms with Gasteiger partial charge in [0.15, 0.2) is 0 Å². The Labute approximate surface area is 207 Å². The fraction of sp³-hybridized carbons (Fsp3) is 0.556. The number of nitrogens with one attached hydrogen (secondary N) is 1. The van der Waals surface area contributed by atoms with E-state index in [1.54, 1.807) is 11.3 Å². The van der Waals surface area contributed by atoms with Gasteiger partial charge in [0.25, 0.3) is 5.91 Å². The Hall–Kier alpha value is -2.38. The first kappa shape index (κ1) is 24.7. The van der Waals surface area contributed by atoms with Gasteiger partial charge in [-0.15, -0.1) is 11.3 Å². The first-order valence-electron chi connectivity index (χ1n) is 12.3. The van der Waals surface area contributed by atoms with Crippen LogP contribution in [0.5, 0.6) is 0 Å². The van der Waals surface area contributed by atoms with Crippen LogP contribution in [0.4, 0.5) is 4.79 Å². The van der Waals surface area contributed by atoms with E-state index in [9.17, 15) is 9.59 Å². The van der Waals surface area contributed by atoms with Crippen LogP contribution in [0.25, 0.3) is 10.4 Å². The molecule has 0 spiro atoms. The Balaban J connectivity index is 1.38. The van der Waals surface area contributed by atoms with Crippen LogP contribution < -0.4 is 5.32 Å². The molecule has 4 rings (SSSR count). The highest BCUT2D eigenvalue weighted by atomic mass is 32.1. The van der Waals surface area contributed by atoms with Gasteiger partial charge >= 0.3 is 6.09 Å². The summed E-state index contributed by atoms with van der Waals surface area (Å²) in [7, 11) is 2.19. The van der Waals surface area contributed by atoms with Crippen LogP contribution in [0.3, 0.4) is 0 Å². The third-order valence-electron chi connectivity index (χ3n) is 6.69. The largest absolute Gasteiger partial charge is 0.444 e. The van der Waals surface area contributed by atoms with Crippen molar-refractivity contribution in [2.45, 2.75) is 64.5 Å². The molecule has 7 heteroatoms. The number of hydrogen-bond acceptors (Lipinski definition) is 5. The number of carbonyl (C=O) groups is 2. The van der Waals surface area contributed by atoms with Crippen molar-refractivity contribution in [2.75, 3.05) is 33.2 Å². The average molecular weight is 484 g/mol. The molecule has 2 aromatic rings. The van der Waals surface area contributed by atoms with E-state index in [2.05, 4.69) is 47.6 Å². The average Bonchev–Trinajstić information content (AvgIpc) is 3.39. The Morgan fingerprint density at radius 1 is 1.06 bits per heavy atom. The Bertz CT molecular complexity index is 1020. The van der Waals surface area contributed by atoms with Crippen molar-refractivity contribution >= 4 is 23.3 Å². The van der Waals surface area contributed by atoms with Gasteiger partial charge in [0.1, 0.15) is 5.60 Å². The minimum atomic E-state index is -0.534. The van der Waals surface area contributed by atoms with Crippen molar-refractivity contribution < 1.29 is 14.3 Å². The van der Waals surface area contributed by atoms with Crippen LogP contribution in [-0.4, -0.2) is 66.7 Å². The lowest BCUT2D eigenvalue weighted by atomic mass is 9.89. The van der Waals surface area contributed by atoms with Crippen molar-refractivity contribution in [2.24, 2.45) is 0 Å². The van der Waals surface area contributed by atoms with E-state index >= 15 is 0 Å². The van der Waals surface area contributed by atoms with Crippen molar-refractivity contribution in [3.63, 3.8) is 0 Å². The number of amides is 2. The Morgan fingerprint density at radius 3 is 2.38 bits per heavy atom. The number of thiophene rings is 1. The number of hydrogen-bond donors (Lipinski definition) is 1. The van der Waals surface area contributed by atoms with Crippen molar-refractivity contribution in [3.05, 3.63) is 46.3 Å². The first-order valence-corrected chi connectivity index (χ1v) is 13.1. The molecule has 34 heavy (non-hydrogen) atoms. The number of alkyl carbamates (subject to hydrolysis) is 1. The van der Waals surface area contributed by atoms with E-state index < -0.39 is 11.7 Å². The molecule has 2 amide bonds. The highest BCUT2D eigenvalue weighted by molar-refractivity contribution is 7.17. The van der Waals surface area contributed by atoms with Crippen LogP contribution in [0.1, 0.15) is 66.8 Å². The minimum absolute atomic E-state index is 0.0465. The van der Waals surface area contributed by atoms with E-state index in [4.69, 9.17) is 4.74 Å². The third kappa shape index (κ3) is 5.99. The molecule has 1 aromatic heterocycles. The maximum absolute atomic E-state index is 13.2. The van der Waals surface area contributed by atoms with Crippen LogP contribution in [-0.2, 0) is 4.74 Å². The van der Waals surface area contributed by atoms with Gasteiger partial charge in [-0.2, -0.15) is 0 Å². The van der Waals surface area contributed by atoms with Gasteiger partial charge in [-0.05, 0) is 95.8 Å². The SMILES string of the molecule is Cc1cc(-c2ccc(C3CCN(C)CC3)cc2)sc1C(=O)N1CC[C@H](NC(=O)OC(C)(C)C)C1. The maximum Gasteiger partial charge on any atom is 0.407 e. The summed E-state index contributed by atoms with van der Waals surface area (Å²) in [4.78, 5) is 31.5. The molecule has 0 bridgehead atoms. The van der Waals surface area contributed by atoms with E-state index in [1.165, 1.54) is 18.4 Å². The molecule has 0 saturated carbocycles. The molecule has 6 nitrogen and oxygen atoms in total. The van der Waals surface area contributed by atoms with Gasteiger partial charge in [0.2, 0.25) is 0 Å². The maximum atomic E-state index is 13.2. The molecule has 2 saturated heterocycles. The first-order chi connectivity index (χ1) is 16.1. The predicted octanol–water partition coefficient (Wildman–Crippen LogP) is 5.27. The third-order valence-corrected chi connectivity index (χ3v) is 7.97. The highest BCUT2D eigenvalue weighted by Gasteiger charge is 2.31. The van der Waals surface area contributed by atoms with E-state index in [0.717, 1.165) is 40.4 Å². The summed E-state index contributed by atoms with van der Waals surface area (Å²) in [6, 6.07) is 11.0. The van der Waals surface area contributed by atoms with Gasteiger partial charge < -0.3 is 19.9 Å². The Morgan fingerprint density at radius 2 is 1.74 bits per heavy atom. The number of rotatable bonds is 4. The minimum Gasteiger partial charge on any atom is -0.444 e. The smallest absolute Gasteiger partial charge is 0.407 e. The molecular weight excluding hydrogens is 446 g/mol. The van der Waals surface area contributed by atoms with Crippen molar-refractivity contribution in [3.8, 4) is 10.4 Å². The van der Waals surface area contributed by atoms with E-state index in [0.29, 0.717) is 19.0 Å². The van der Waals surface area contributed by atoms with E-state index in [1.807, 2.05) is 32.6 Å². The van der Waals surface area contributed by atoms with Crippen molar-refractivity contribution in [1.29, 1.82) is 0 Å². The molecule has 184 valence electrons. The Kier molecular flexibility index (Phi) is 7.33. The molecule has 2 aliphatic rings. The summed E-state index contributed by atoms with van der Waals surface area (Å²) in [5, 5.41) is 2.90. The summed E-state index contributed by atoms with van der Waals surface area (Å²) in [5.74, 6) is 0.690. The van der Waals surface area contributed by atoms with Crippen molar-refractivity contribution in [1.82, 2.24) is 15.1 Å². The molecule has 2 aliphatic heterocycles. The number of nitrogens with zero attached hydrogens (tertiary/aromatic N) is 2. The van der Waals surface area contributed by atoms with Gasteiger partial charge in [-0.3, -0.25) is 4.79 Å². The molecule has 2 fully saturated rings. The summed E-state index contributed by atoms with van der Waals surface area (Å²) in [5.41, 5.74) is 3.05. The van der Waals surface area contributed by atoms with Crippen LogP contribution in [0.2, 0.25) is 0 Å².